The number of phenols is 1. The molecule has 8 nitrogen and oxygen atoms in total. The molecule has 3 aliphatic rings. The van der Waals surface area contributed by atoms with E-state index in [4.69, 9.17) is 9.72 Å². The smallest absolute Gasteiger partial charge is 0.407 e. The number of aromatic amines is 1. The molecule has 2 unspecified atom stereocenters. The summed E-state index contributed by atoms with van der Waals surface area (Å²) >= 11 is 0. The number of alkyl carbamates (subject to hydrolysis) is 1. The van der Waals surface area contributed by atoms with Gasteiger partial charge in [-0.3, -0.25) is 4.79 Å². The predicted molar refractivity (Wildman–Crippen MR) is 162 cm³/mol. The molecule has 2 aromatic carbocycles. The molecule has 3 aromatic rings. The van der Waals surface area contributed by atoms with Crippen LogP contribution in [0.2, 0.25) is 0 Å². The molecule has 2 amide bonds. The van der Waals surface area contributed by atoms with Crippen molar-refractivity contribution in [2.75, 3.05) is 13.7 Å². The van der Waals surface area contributed by atoms with E-state index in [9.17, 15) is 14.7 Å². The lowest BCUT2D eigenvalue weighted by molar-refractivity contribution is -0.135. The van der Waals surface area contributed by atoms with Gasteiger partial charge in [0.25, 0.3) is 0 Å². The van der Waals surface area contributed by atoms with Gasteiger partial charge in [-0.2, -0.15) is 0 Å². The lowest BCUT2D eigenvalue weighted by Gasteiger charge is -2.31. The summed E-state index contributed by atoms with van der Waals surface area (Å²) in [6, 6.07) is 11.6. The molecular weight excluding hydrogens is 528 g/mol. The highest BCUT2D eigenvalue weighted by Crippen LogP contribution is 2.58. The molecule has 2 bridgehead atoms. The van der Waals surface area contributed by atoms with Crippen molar-refractivity contribution in [2.24, 2.45) is 11.8 Å². The third kappa shape index (κ3) is 4.95. The minimum absolute atomic E-state index is 0.0337. The first kappa shape index (κ1) is 28.3. The van der Waals surface area contributed by atoms with Crippen LogP contribution >= 0.6 is 0 Å². The van der Waals surface area contributed by atoms with E-state index >= 15 is 0 Å². The third-order valence-electron chi connectivity index (χ3n) is 10.1. The fourth-order valence-corrected chi connectivity index (χ4v) is 7.50. The Labute approximate surface area is 247 Å². The molecule has 2 aliphatic carbocycles. The Balaban J connectivity index is 1.24. The van der Waals surface area contributed by atoms with Gasteiger partial charge in [-0.25, -0.2) is 9.78 Å². The van der Waals surface area contributed by atoms with Crippen LogP contribution in [0.4, 0.5) is 4.79 Å². The van der Waals surface area contributed by atoms with E-state index < -0.39 is 12.1 Å². The molecule has 222 valence electrons. The summed E-state index contributed by atoms with van der Waals surface area (Å²) in [6.45, 7) is 6.79. The molecule has 6 atom stereocenters. The van der Waals surface area contributed by atoms with E-state index in [0.29, 0.717) is 30.0 Å². The average Bonchev–Trinajstić information content (AvgIpc) is 3.83. The molecule has 0 spiro atoms. The van der Waals surface area contributed by atoms with Crippen LogP contribution in [0.25, 0.3) is 22.4 Å². The van der Waals surface area contributed by atoms with Gasteiger partial charge in [-0.15, -0.1) is 0 Å². The van der Waals surface area contributed by atoms with Gasteiger partial charge in [0, 0.05) is 12.1 Å². The topological polar surface area (TPSA) is 108 Å². The van der Waals surface area contributed by atoms with Gasteiger partial charge < -0.3 is 25.0 Å². The lowest BCUT2D eigenvalue weighted by Crippen LogP contribution is -2.51. The number of amides is 2. The summed E-state index contributed by atoms with van der Waals surface area (Å²) in [5, 5.41) is 13.3. The highest BCUT2D eigenvalue weighted by molar-refractivity contribution is 5.86. The quantitative estimate of drug-likeness (QED) is 0.274. The Morgan fingerprint density at radius 2 is 1.79 bits per heavy atom. The number of carbonyl (C=O) groups excluding carboxylic acids is 2. The number of fused-ring (bicyclic) bond motifs is 5. The van der Waals surface area contributed by atoms with Crippen LogP contribution in [0.1, 0.15) is 94.1 Å². The van der Waals surface area contributed by atoms with E-state index in [-0.39, 0.29) is 17.9 Å². The molecule has 42 heavy (non-hydrogen) atoms. The number of imidazole rings is 1. The second kappa shape index (κ2) is 11.5. The largest absolute Gasteiger partial charge is 0.508 e. The van der Waals surface area contributed by atoms with Gasteiger partial charge in [0.2, 0.25) is 5.91 Å². The highest BCUT2D eigenvalue weighted by atomic mass is 16.5. The minimum Gasteiger partial charge on any atom is -0.508 e. The first-order valence-corrected chi connectivity index (χ1v) is 15.5. The SMILES string of the molecule is CC[C@H]1C[C@@H](c2ncc(-c3ccc(-c4ccc(O)c5c4C4CCC5C4)cc3)[nH]2)N(C(=O)[C@@H](NC(=O)OC)[C@@H](C)CC)C1. The number of ether oxygens (including phenoxy) is 1. The van der Waals surface area contributed by atoms with Crippen LogP contribution in [0.3, 0.4) is 0 Å². The summed E-state index contributed by atoms with van der Waals surface area (Å²) in [5.41, 5.74) is 6.84. The molecular formula is C34H42N4O4. The molecule has 2 heterocycles. The van der Waals surface area contributed by atoms with Gasteiger partial charge in [-0.1, -0.05) is 63.9 Å². The summed E-state index contributed by atoms with van der Waals surface area (Å²) in [7, 11) is 1.32. The molecule has 1 aliphatic heterocycles. The number of hydrogen-bond acceptors (Lipinski definition) is 5. The number of phenolic OH excluding ortho intramolecular Hbond substituents is 1. The Kier molecular flexibility index (Phi) is 7.73. The van der Waals surface area contributed by atoms with Crippen molar-refractivity contribution in [2.45, 2.75) is 83.2 Å². The molecule has 6 rings (SSSR count). The Hall–Kier alpha value is -3.81. The minimum atomic E-state index is -0.654. The fourth-order valence-electron chi connectivity index (χ4n) is 7.50. The molecule has 3 N–H and O–H groups in total. The Morgan fingerprint density at radius 3 is 2.48 bits per heavy atom. The number of carbonyl (C=O) groups is 2. The highest BCUT2D eigenvalue weighted by Gasteiger charge is 2.42. The van der Waals surface area contributed by atoms with Gasteiger partial charge in [0.15, 0.2) is 0 Å². The van der Waals surface area contributed by atoms with Gasteiger partial charge >= 0.3 is 6.09 Å². The summed E-state index contributed by atoms with van der Waals surface area (Å²) in [5.74, 6) is 2.51. The van der Waals surface area contributed by atoms with Crippen LogP contribution in [0.15, 0.2) is 42.6 Å². The van der Waals surface area contributed by atoms with Gasteiger partial charge in [-0.05, 0) is 77.7 Å². The van der Waals surface area contributed by atoms with Crippen LogP contribution < -0.4 is 5.32 Å². The maximum Gasteiger partial charge on any atom is 0.407 e. The lowest BCUT2D eigenvalue weighted by atomic mass is 9.85. The van der Waals surface area contributed by atoms with E-state index in [2.05, 4.69) is 47.6 Å². The van der Waals surface area contributed by atoms with Crippen LogP contribution in [0.5, 0.6) is 5.75 Å². The zero-order valence-corrected chi connectivity index (χ0v) is 25.0. The predicted octanol–water partition coefficient (Wildman–Crippen LogP) is 6.88. The number of methoxy groups -OCH3 is 1. The number of nitrogens with zero attached hydrogens (tertiary/aromatic N) is 2. The second-order valence-corrected chi connectivity index (χ2v) is 12.4. The molecule has 1 aromatic heterocycles. The van der Waals surface area contributed by atoms with Crippen molar-refractivity contribution in [1.29, 1.82) is 0 Å². The van der Waals surface area contributed by atoms with Crippen LogP contribution in [-0.4, -0.2) is 51.7 Å². The summed E-state index contributed by atoms with van der Waals surface area (Å²) in [4.78, 5) is 36.1. The zero-order valence-electron chi connectivity index (χ0n) is 25.0. The summed E-state index contributed by atoms with van der Waals surface area (Å²) < 4.78 is 4.82. The second-order valence-electron chi connectivity index (χ2n) is 12.4. The van der Waals surface area contributed by atoms with Crippen LogP contribution in [0, 0.1) is 11.8 Å². The number of benzene rings is 2. The first-order chi connectivity index (χ1) is 20.3. The number of likely N-dealkylation sites (tertiary alicyclic amines) is 1. The number of aromatic nitrogens is 2. The number of H-pyrrole nitrogens is 1. The summed E-state index contributed by atoms with van der Waals surface area (Å²) in [6.07, 6.45) is 7.35. The third-order valence-corrected chi connectivity index (χ3v) is 10.1. The van der Waals surface area contributed by atoms with Gasteiger partial charge in [0.05, 0.1) is 25.0 Å². The molecule has 0 radical (unpaired) electrons. The molecule has 8 heteroatoms. The van der Waals surface area contributed by atoms with Gasteiger partial charge in [0.1, 0.15) is 17.6 Å². The average molecular weight is 571 g/mol. The number of hydrogen-bond donors (Lipinski definition) is 3. The van der Waals surface area contributed by atoms with Crippen molar-refractivity contribution < 1.29 is 19.4 Å². The number of nitrogens with one attached hydrogen (secondary N) is 2. The van der Waals surface area contributed by atoms with E-state index in [1.54, 1.807) is 0 Å². The first-order valence-electron chi connectivity index (χ1n) is 15.5. The Bertz CT molecular complexity index is 1460. The standard InChI is InChI=1S/C34H42N4O4/c1-5-19(3)31(37-34(41)42-4)33(40)38-18-20(6-2)15-27(38)32-35-17-26(36-32)22-9-7-21(8-10-22)25-13-14-28(39)30-24-12-11-23(16-24)29(25)30/h7-10,13-14,17,19-20,23-24,27,31,39H,5-6,11-12,15-16,18H2,1-4H3,(H,35,36)(H,37,41)/t19-,20-,23?,24?,27-,31-/m0/s1. The number of rotatable bonds is 8. The van der Waals surface area contributed by atoms with Crippen molar-refractivity contribution >= 4 is 12.0 Å². The normalized spacial score (nSPS) is 24.0. The van der Waals surface area contributed by atoms with Crippen molar-refractivity contribution in [3.05, 3.63) is 59.5 Å². The molecule has 2 fully saturated rings. The van der Waals surface area contributed by atoms with Crippen molar-refractivity contribution in [1.82, 2.24) is 20.2 Å². The monoisotopic (exact) mass is 570 g/mol. The van der Waals surface area contributed by atoms with Crippen molar-refractivity contribution in [3.8, 4) is 28.1 Å². The Morgan fingerprint density at radius 1 is 1.07 bits per heavy atom. The number of aromatic hydroxyl groups is 1. The zero-order chi connectivity index (χ0) is 29.5. The van der Waals surface area contributed by atoms with E-state index in [1.807, 2.05) is 31.0 Å². The maximum atomic E-state index is 13.8. The molecule has 1 saturated heterocycles. The van der Waals surface area contributed by atoms with Crippen molar-refractivity contribution in [3.63, 3.8) is 0 Å². The van der Waals surface area contributed by atoms with E-state index in [1.165, 1.54) is 36.6 Å². The van der Waals surface area contributed by atoms with E-state index in [0.717, 1.165) is 48.3 Å². The fraction of sp³-hybridized carbons (Fsp3) is 0.500. The van der Waals surface area contributed by atoms with Crippen LogP contribution in [-0.2, 0) is 9.53 Å². The maximum absolute atomic E-state index is 13.8. The molecule has 1 saturated carbocycles.